The van der Waals surface area contributed by atoms with E-state index in [1.807, 2.05) is 24.5 Å². The Kier molecular flexibility index (Phi) is 2.34. The molecule has 3 heteroatoms. The van der Waals surface area contributed by atoms with Crippen LogP contribution in [0.4, 0.5) is 0 Å². The lowest BCUT2D eigenvalue weighted by atomic mass is 9.77. The Bertz CT molecular complexity index is 960. The molecule has 112 valence electrons. The Morgan fingerprint density at radius 2 is 1.96 bits per heavy atom. The first-order chi connectivity index (χ1) is 11.2. The van der Waals surface area contributed by atoms with Crippen LogP contribution in [0, 0.1) is 0 Å². The number of rotatable bonds is 0. The van der Waals surface area contributed by atoms with E-state index in [2.05, 4.69) is 42.0 Å². The van der Waals surface area contributed by atoms with Gasteiger partial charge >= 0.3 is 0 Å². The van der Waals surface area contributed by atoms with Gasteiger partial charge in [-0.1, -0.05) is 32.0 Å². The Morgan fingerprint density at radius 1 is 1.04 bits per heavy atom. The van der Waals surface area contributed by atoms with Gasteiger partial charge in [-0.15, -0.1) is 0 Å². The summed E-state index contributed by atoms with van der Waals surface area (Å²) >= 11 is 0. The second-order valence-corrected chi connectivity index (χ2v) is 6.71. The maximum Gasteiger partial charge on any atom is 0.130 e. The van der Waals surface area contributed by atoms with Gasteiger partial charge in [0.2, 0.25) is 0 Å². The monoisotopic (exact) mass is 300 g/mol. The molecule has 1 aliphatic heterocycles. The van der Waals surface area contributed by atoms with Gasteiger partial charge in [-0.25, -0.2) is 0 Å². The number of fused-ring (bicyclic) bond motifs is 7. The zero-order valence-corrected chi connectivity index (χ0v) is 13.1. The van der Waals surface area contributed by atoms with Gasteiger partial charge in [0, 0.05) is 35.1 Å². The summed E-state index contributed by atoms with van der Waals surface area (Å²) in [5.74, 6) is 0.917. The number of benzene rings is 1. The Balaban J connectivity index is 1.91. The first-order valence-electron chi connectivity index (χ1n) is 7.87. The molecule has 0 saturated carbocycles. The SMILES string of the molecule is CC1(C)c2cccnc2-c2ccc3c(c21)-c1cnccc1OC3. The van der Waals surface area contributed by atoms with Gasteiger partial charge in [0.15, 0.2) is 0 Å². The van der Waals surface area contributed by atoms with Crippen molar-refractivity contribution in [2.45, 2.75) is 25.9 Å². The van der Waals surface area contributed by atoms with Crippen molar-refractivity contribution in [3.63, 3.8) is 0 Å². The predicted molar refractivity (Wildman–Crippen MR) is 89.4 cm³/mol. The number of ether oxygens (including phenoxy) is 1. The van der Waals surface area contributed by atoms with Gasteiger partial charge in [0.25, 0.3) is 0 Å². The highest BCUT2D eigenvalue weighted by Crippen LogP contribution is 2.54. The number of hydrogen-bond donors (Lipinski definition) is 0. The molecule has 0 unspecified atom stereocenters. The van der Waals surface area contributed by atoms with Crippen LogP contribution in [0.15, 0.2) is 48.9 Å². The summed E-state index contributed by atoms with van der Waals surface area (Å²) in [4.78, 5) is 8.98. The van der Waals surface area contributed by atoms with Crippen molar-refractivity contribution in [2.75, 3.05) is 0 Å². The molecule has 0 atom stereocenters. The second-order valence-electron chi connectivity index (χ2n) is 6.71. The van der Waals surface area contributed by atoms with E-state index in [9.17, 15) is 0 Å². The highest BCUT2D eigenvalue weighted by molar-refractivity contribution is 5.89. The first-order valence-corrected chi connectivity index (χ1v) is 7.87. The summed E-state index contributed by atoms with van der Waals surface area (Å²) in [5.41, 5.74) is 8.50. The molecule has 1 aliphatic carbocycles. The normalized spacial score (nSPS) is 15.9. The molecule has 3 heterocycles. The van der Waals surface area contributed by atoms with E-state index < -0.39 is 0 Å². The predicted octanol–water partition coefficient (Wildman–Crippen LogP) is 4.34. The highest BCUT2D eigenvalue weighted by atomic mass is 16.5. The fourth-order valence-corrected chi connectivity index (χ4v) is 4.03. The van der Waals surface area contributed by atoms with Crippen molar-refractivity contribution in [2.24, 2.45) is 0 Å². The molecule has 3 nitrogen and oxygen atoms in total. The summed E-state index contributed by atoms with van der Waals surface area (Å²) in [6.07, 6.45) is 5.58. The van der Waals surface area contributed by atoms with Crippen LogP contribution in [-0.4, -0.2) is 9.97 Å². The number of nitrogens with zero attached hydrogens (tertiary/aromatic N) is 2. The lowest BCUT2D eigenvalue weighted by molar-refractivity contribution is 0.301. The zero-order chi connectivity index (χ0) is 15.6. The fraction of sp³-hybridized carbons (Fsp3) is 0.200. The quantitative estimate of drug-likeness (QED) is 0.619. The van der Waals surface area contributed by atoms with Gasteiger partial charge < -0.3 is 4.74 Å². The van der Waals surface area contributed by atoms with E-state index in [-0.39, 0.29) is 5.41 Å². The van der Waals surface area contributed by atoms with Crippen molar-refractivity contribution >= 4 is 0 Å². The largest absolute Gasteiger partial charge is 0.488 e. The number of pyridine rings is 2. The molecule has 2 aromatic heterocycles. The Morgan fingerprint density at radius 3 is 2.87 bits per heavy atom. The van der Waals surface area contributed by atoms with Gasteiger partial charge in [-0.05, 0) is 34.4 Å². The third-order valence-electron chi connectivity index (χ3n) is 5.09. The van der Waals surface area contributed by atoms with Crippen LogP contribution in [0.3, 0.4) is 0 Å². The molecule has 1 aromatic carbocycles. The van der Waals surface area contributed by atoms with Crippen LogP contribution < -0.4 is 4.74 Å². The highest BCUT2D eigenvalue weighted by Gasteiger charge is 2.40. The van der Waals surface area contributed by atoms with Gasteiger partial charge in [-0.3, -0.25) is 9.97 Å². The first kappa shape index (κ1) is 12.8. The van der Waals surface area contributed by atoms with E-state index in [1.165, 1.54) is 27.8 Å². The van der Waals surface area contributed by atoms with Crippen LogP contribution in [0.5, 0.6) is 5.75 Å². The topological polar surface area (TPSA) is 35.0 Å². The molecule has 0 amide bonds. The molecule has 0 bridgehead atoms. The lowest BCUT2D eigenvalue weighted by Gasteiger charge is -2.29. The van der Waals surface area contributed by atoms with Crippen molar-refractivity contribution in [1.29, 1.82) is 0 Å². The third-order valence-corrected chi connectivity index (χ3v) is 5.09. The Hall–Kier alpha value is -2.68. The molecule has 0 spiro atoms. The average molecular weight is 300 g/mol. The smallest absolute Gasteiger partial charge is 0.130 e. The molecule has 0 saturated heterocycles. The Labute approximate surface area is 135 Å². The molecular formula is C20H16N2O. The molecule has 0 N–H and O–H groups in total. The van der Waals surface area contributed by atoms with E-state index in [4.69, 9.17) is 4.74 Å². The number of aromatic nitrogens is 2. The third kappa shape index (κ3) is 1.54. The van der Waals surface area contributed by atoms with Gasteiger partial charge in [0.05, 0.1) is 5.69 Å². The summed E-state index contributed by atoms with van der Waals surface area (Å²) in [6.45, 7) is 5.18. The van der Waals surface area contributed by atoms with Gasteiger partial charge in [0.1, 0.15) is 12.4 Å². The molecule has 0 fully saturated rings. The average Bonchev–Trinajstić information content (AvgIpc) is 2.83. The molecule has 5 rings (SSSR count). The molecule has 0 radical (unpaired) electrons. The maximum absolute atomic E-state index is 5.90. The minimum absolute atomic E-state index is 0.0747. The molecule has 23 heavy (non-hydrogen) atoms. The van der Waals surface area contributed by atoms with Crippen molar-refractivity contribution < 1.29 is 4.74 Å². The molecular weight excluding hydrogens is 284 g/mol. The summed E-state index contributed by atoms with van der Waals surface area (Å²) in [6, 6.07) is 10.5. The minimum Gasteiger partial charge on any atom is -0.488 e. The van der Waals surface area contributed by atoms with Crippen LogP contribution >= 0.6 is 0 Å². The van der Waals surface area contributed by atoms with Crippen LogP contribution in [-0.2, 0) is 12.0 Å². The van der Waals surface area contributed by atoms with Crippen LogP contribution in [0.25, 0.3) is 22.4 Å². The second kappa shape index (κ2) is 4.19. The van der Waals surface area contributed by atoms with Crippen LogP contribution in [0.2, 0.25) is 0 Å². The van der Waals surface area contributed by atoms with E-state index in [1.54, 1.807) is 6.20 Å². The van der Waals surface area contributed by atoms with E-state index in [0.29, 0.717) is 6.61 Å². The van der Waals surface area contributed by atoms with Crippen molar-refractivity contribution in [3.8, 4) is 28.1 Å². The molecule has 3 aromatic rings. The van der Waals surface area contributed by atoms with Gasteiger partial charge in [-0.2, -0.15) is 0 Å². The molecule has 2 aliphatic rings. The summed E-state index contributed by atoms with van der Waals surface area (Å²) in [7, 11) is 0. The fourth-order valence-electron chi connectivity index (χ4n) is 4.03. The zero-order valence-electron chi connectivity index (χ0n) is 13.1. The maximum atomic E-state index is 5.90. The summed E-state index contributed by atoms with van der Waals surface area (Å²) < 4.78 is 5.90. The standard InChI is InChI=1S/C20H16N2O/c1-20(2)15-4-3-8-22-19(15)13-6-5-12-11-23-16-7-9-21-10-14(16)17(12)18(13)20/h3-10H,11H2,1-2H3. The lowest BCUT2D eigenvalue weighted by Crippen LogP contribution is -2.19. The van der Waals surface area contributed by atoms with Crippen molar-refractivity contribution in [3.05, 3.63) is 65.6 Å². The summed E-state index contributed by atoms with van der Waals surface area (Å²) in [5, 5.41) is 0. The van der Waals surface area contributed by atoms with E-state index in [0.717, 1.165) is 17.0 Å². The minimum atomic E-state index is -0.0747. The van der Waals surface area contributed by atoms with E-state index >= 15 is 0 Å². The van der Waals surface area contributed by atoms with Crippen LogP contribution in [0.1, 0.15) is 30.5 Å². The number of hydrogen-bond acceptors (Lipinski definition) is 3. The van der Waals surface area contributed by atoms with Crippen molar-refractivity contribution in [1.82, 2.24) is 9.97 Å².